The number of nitrogens with one attached hydrogen (secondary N) is 1. The summed E-state index contributed by atoms with van der Waals surface area (Å²) in [4.78, 5) is 40.7. The van der Waals surface area contributed by atoms with Gasteiger partial charge in [0.1, 0.15) is 5.75 Å². The molecule has 31 heavy (non-hydrogen) atoms. The smallest absolute Gasteiger partial charge is 0.233 e. The average Bonchev–Trinajstić information content (AvgIpc) is 3.53. The SMILES string of the molecule is COc1cccc(N2C[C@@H](C(=O)Nc3nnc(SCC(=O)N4CCCC4)s3)CC2=O)c1. The third kappa shape index (κ3) is 5.16. The van der Waals surface area contributed by atoms with E-state index in [1.807, 2.05) is 17.0 Å². The van der Waals surface area contributed by atoms with E-state index in [1.165, 1.54) is 23.1 Å². The van der Waals surface area contributed by atoms with Crippen LogP contribution >= 0.6 is 23.1 Å². The van der Waals surface area contributed by atoms with Crippen molar-refractivity contribution in [1.29, 1.82) is 0 Å². The van der Waals surface area contributed by atoms with Gasteiger partial charge in [-0.3, -0.25) is 14.4 Å². The lowest BCUT2D eigenvalue weighted by atomic mass is 10.1. The summed E-state index contributed by atoms with van der Waals surface area (Å²) in [7, 11) is 1.57. The lowest BCUT2D eigenvalue weighted by Crippen LogP contribution is -2.29. The van der Waals surface area contributed by atoms with Crippen molar-refractivity contribution < 1.29 is 19.1 Å². The van der Waals surface area contributed by atoms with Crippen LogP contribution in [0.25, 0.3) is 0 Å². The summed E-state index contributed by atoms with van der Waals surface area (Å²) in [5.74, 6) is 0.220. The normalized spacial score (nSPS) is 18.5. The molecule has 2 aliphatic heterocycles. The molecule has 0 saturated carbocycles. The largest absolute Gasteiger partial charge is 0.497 e. The molecule has 2 fully saturated rings. The van der Waals surface area contributed by atoms with E-state index in [0.717, 1.165) is 25.9 Å². The molecular weight excluding hydrogens is 438 g/mol. The number of carbonyl (C=O) groups is 3. The van der Waals surface area contributed by atoms with Gasteiger partial charge in [0, 0.05) is 37.8 Å². The Bertz CT molecular complexity index is 976. The van der Waals surface area contributed by atoms with Gasteiger partial charge in [-0.2, -0.15) is 0 Å². The standard InChI is InChI=1S/C20H23N5O4S2/c1-29-15-6-4-5-14(10-15)25-11-13(9-16(25)26)18(28)21-19-22-23-20(31-19)30-12-17(27)24-7-2-3-8-24/h4-6,10,13H,2-3,7-9,11-12H2,1H3,(H,21,22,28)/t13-/m0/s1. The van der Waals surface area contributed by atoms with Crippen molar-refractivity contribution >= 4 is 51.6 Å². The van der Waals surface area contributed by atoms with Crippen molar-refractivity contribution in [2.75, 3.05) is 42.7 Å². The number of carbonyl (C=O) groups excluding carboxylic acids is 3. The van der Waals surface area contributed by atoms with E-state index in [9.17, 15) is 14.4 Å². The number of thioether (sulfide) groups is 1. The van der Waals surface area contributed by atoms with Crippen LogP contribution in [0.1, 0.15) is 19.3 Å². The van der Waals surface area contributed by atoms with E-state index in [-0.39, 0.29) is 24.1 Å². The fraction of sp³-hybridized carbons (Fsp3) is 0.450. The molecule has 0 bridgehead atoms. The molecule has 0 radical (unpaired) electrons. The Balaban J connectivity index is 1.30. The van der Waals surface area contributed by atoms with Gasteiger partial charge in [0.15, 0.2) is 4.34 Å². The van der Waals surface area contributed by atoms with E-state index in [4.69, 9.17) is 4.74 Å². The zero-order chi connectivity index (χ0) is 21.8. The van der Waals surface area contributed by atoms with Crippen molar-refractivity contribution in [3.63, 3.8) is 0 Å². The summed E-state index contributed by atoms with van der Waals surface area (Å²) in [5, 5.41) is 11.2. The third-order valence-corrected chi connectivity index (χ3v) is 7.23. The molecule has 4 rings (SSSR count). The number of amides is 3. The van der Waals surface area contributed by atoms with Gasteiger partial charge in [-0.1, -0.05) is 29.2 Å². The quantitative estimate of drug-likeness (QED) is 0.498. The molecule has 2 saturated heterocycles. The predicted octanol–water partition coefficient (Wildman–Crippen LogP) is 2.25. The van der Waals surface area contributed by atoms with Crippen LogP contribution in [0, 0.1) is 5.92 Å². The van der Waals surface area contributed by atoms with Crippen LogP contribution in [-0.4, -0.2) is 65.3 Å². The Kier molecular flexibility index (Phi) is 6.71. The third-order valence-electron chi connectivity index (χ3n) is 5.28. The number of likely N-dealkylation sites (tertiary alicyclic amines) is 1. The second-order valence-corrected chi connectivity index (χ2v) is 9.55. The predicted molar refractivity (Wildman–Crippen MR) is 119 cm³/mol. The van der Waals surface area contributed by atoms with Crippen LogP contribution in [-0.2, 0) is 14.4 Å². The Labute approximate surface area is 188 Å². The number of benzene rings is 1. The van der Waals surface area contributed by atoms with Crippen molar-refractivity contribution in [3.05, 3.63) is 24.3 Å². The first kappa shape index (κ1) is 21.6. The number of aromatic nitrogens is 2. The van der Waals surface area contributed by atoms with Gasteiger partial charge in [-0.15, -0.1) is 10.2 Å². The van der Waals surface area contributed by atoms with E-state index >= 15 is 0 Å². The van der Waals surface area contributed by atoms with Crippen molar-refractivity contribution in [2.45, 2.75) is 23.6 Å². The number of nitrogens with zero attached hydrogens (tertiary/aromatic N) is 4. The van der Waals surface area contributed by atoms with Crippen LogP contribution in [0.2, 0.25) is 0 Å². The fourth-order valence-electron chi connectivity index (χ4n) is 3.62. The van der Waals surface area contributed by atoms with Crippen molar-refractivity contribution in [1.82, 2.24) is 15.1 Å². The Morgan fingerprint density at radius 2 is 2.10 bits per heavy atom. The number of ether oxygens (including phenoxy) is 1. The minimum absolute atomic E-state index is 0.102. The lowest BCUT2D eigenvalue weighted by Gasteiger charge is -2.17. The summed E-state index contributed by atoms with van der Waals surface area (Å²) >= 11 is 2.56. The summed E-state index contributed by atoms with van der Waals surface area (Å²) in [5.41, 5.74) is 0.705. The highest BCUT2D eigenvalue weighted by Crippen LogP contribution is 2.30. The molecule has 9 nitrogen and oxygen atoms in total. The molecule has 164 valence electrons. The van der Waals surface area contributed by atoms with Gasteiger partial charge in [0.2, 0.25) is 22.9 Å². The number of methoxy groups -OCH3 is 1. The number of hydrogen-bond donors (Lipinski definition) is 1. The highest BCUT2D eigenvalue weighted by atomic mass is 32.2. The molecule has 0 aliphatic carbocycles. The summed E-state index contributed by atoms with van der Waals surface area (Å²) in [6.07, 6.45) is 2.25. The summed E-state index contributed by atoms with van der Waals surface area (Å²) in [6, 6.07) is 7.20. The van der Waals surface area contributed by atoms with E-state index in [0.29, 0.717) is 33.2 Å². The van der Waals surface area contributed by atoms with Gasteiger partial charge in [-0.25, -0.2) is 0 Å². The first-order chi connectivity index (χ1) is 15.0. The maximum atomic E-state index is 12.7. The van der Waals surface area contributed by atoms with Crippen LogP contribution in [0.5, 0.6) is 5.75 Å². The highest BCUT2D eigenvalue weighted by Gasteiger charge is 2.35. The number of anilines is 2. The van der Waals surface area contributed by atoms with Crippen LogP contribution in [0.4, 0.5) is 10.8 Å². The molecule has 0 spiro atoms. The zero-order valence-corrected chi connectivity index (χ0v) is 18.7. The Hall–Kier alpha value is -2.66. The molecular formula is C20H23N5O4S2. The lowest BCUT2D eigenvalue weighted by molar-refractivity contribution is -0.127. The maximum Gasteiger partial charge on any atom is 0.233 e. The molecule has 2 aliphatic rings. The molecule has 11 heteroatoms. The van der Waals surface area contributed by atoms with Crippen molar-refractivity contribution in [2.24, 2.45) is 5.92 Å². The molecule has 1 atom stereocenters. The zero-order valence-electron chi connectivity index (χ0n) is 17.1. The Morgan fingerprint density at radius 3 is 2.87 bits per heavy atom. The second kappa shape index (κ2) is 9.65. The van der Waals surface area contributed by atoms with Gasteiger partial charge in [0.25, 0.3) is 0 Å². The maximum absolute atomic E-state index is 12.7. The topological polar surface area (TPSA) is 105 Å². The number of rotatable bonds is 7. The highest BCUT2D eigenvalue weighted by molar-refractivity contribution is 8.01. The first-order valence-electron chi connectivity index (χ1n) is 10.0. The van der Waals surface area contributed by atoms with Gasteiger partial charge in [-0.05, 0) is 25.0 Å². The van der Waals surface area contributed by atoms with E-state index < -0.39 is 5.92 Å². The Morgan fingerprint density at radius 1 is 1.29 bits per heavy atom. The molecule has 1 aromatic carbocycles. The monoisotopic (exact) mass is 461 g/mol. The molecule has 1 aromatic heterocycles. The minimum Gasteiger partial charge on any atom is -0.497 e. The fourth-order valence-corrected chi connectivity index (χ4v) is 5.28. The summed E-state index contributed by atoms with van der Waals surface area (Å²) in [6.45, 7) is 1.94. The van der Waals surface area contributed by atoms with Crippen LogP contribution in [0.15, 0.2) is 28.6 Å². The minimum atomic E-state index is -0.476. The van der Waals surface area contributed by atoms with E-state index in [1.54, 1.807) is 24.1 Å². The molecule has 0 unspecified atom stereocenters. The van der Waals surface area contributed by atoms with Gasteiger partial charge < -0.3 is 19.9 Å². The first-order valence-corrected chi connectivity index (χ1v) is 11.8. The van der Waals surface area contributed by atoms with Crippen LogP contribution < -0.4 is 15.0 Å². The van der Waals surface area contributed by atoms with Crippen molar-refractivity contribution in [3.8, 4) is 5.75 Å². The average molecular weight is 462 g/mol. The van der Waals surface area contributed by atoms with Crippen LogP contribution in [0.3, 0.4) is 0 Å². The van der Waals surface area contributed by atoms with Gasteiger partial charge in [0.05, 0.1) is 18.8 Å². The summed E-state index contributed by atoms with van der Waals surface area (Å²) < 4.78 is 5.84. The molecule has 2 aromatic rings. The van der Waals surface area contributed by atoms with E-state index in [2.05, 4.69) is 15.5 Å². The molecule has 1 N–H and O–H groups in total. The van der Waals surface area contributed by atoms with Gasteiger partial charge >= 0.3 is 0 Å². The molecule has 3 heterocycles. The molecule has 3 amide bonds. The number of hydrogen-bond acceptors (Lipinski definition) is 8. The second-order valence-electron chi connectivity index (χ2n) is 7.35.